The molecule has 0 saturated heterocycles. The van der Waals surface area contributed by atoms with E-state index in [1.165, 1.54) is 7.11 Å². The highest BCUT2D eigenvalue weighted by Crippen LogP contribution is 2.22. The Morgan fingerprint density at radius 3 is 2.44 bits per heavy atom. The maximum Gasteiger partial charge on any atom is 0.306 e. The summed E-state index contributed by atoms with van der Waals surface area (Å²) >= 11 is 0. The first-order valence-electron chi connectivity index (χ1n) is 4.63. The van der Waals surface area contributed by atoms with Gasteiger partial charge in [-0.25, -0.2) is 0 Å². The molecule has 16 heavy (non-hydrogen) atoms. The van der Waals surface area contributed by atoms with Crippen molar-refractivity contribution >= 4 is 12.3 Å². The van der Waals surface area contributed by atoms with Gasteiger partial charge in [0.2, 0.25) is 0 Å². The van der Waals surface area contributed by atoms with Crippen LogP contribution in [0.25, 0.3) is 0 Å². The zero-order valence-corrected chi connectivity index (χ0v) is 8.84. The molecule has 5 nitrogen and oxygen atoms in total. The van der Waals surface area contributed by atoms with Gasteiger partial charge in [-0.05, 0) is 17.7 Å². The fraction of sp³-hybridized carbons (Fsp3) is 0.273. The summed E-state index contributed by atoms with van der Waals surface area (Å²) in [5.41, 5.74) is 4.68. The molecule has 0 aliphatic carbocycles. The Hall–Kier alpha value is -1.88. The van der Waals surface area contributed by atoms with E-state index in [-0.39, 0.29) is 0 Å². The average molecular weight is 223 g/mol. The molecule has 0 aliphatic rings. The second kappa shape index (κ2) is 4.76. The van der Waals surface area contributed by atoms with Gasteiger partial charge < -0.3 is 20.4 Å². The van der Waals surface area contributed by atoms with Crippen molar-refractivity contribution in [3.05, 3.63) is 29.8 Å². The second-order valence-corrected chi connectivity index (χ2v) is 3.46. The summed E-state index contributed by atoms with van der Waals surface area (Å²) in [7, 11) is 1.52. The van der Waals surface area contributed by atoms with Crippen molar-refractivity contribution in [1.82, 2.24) is 0 Å². The van der Waals surface area contributed by atoms with Gasteiger partial charge in [0.25, 0.3) is 0 Å². The zero-order valence-electron chi connectivity index (χ0n) is 8.84. The quantitative estimate of drug-likeness (QED) is 0.710. The number of carbonyl (C=O) groups is 2. The van der Waals surface area contributed by atoms with E-state index >= 15 is 0 Å². The van der Waals surface area contributed by atoms with Crippen LogP contribution in [0.5, 0.6) is 5.75 Å². The first-order chi connectivity index (χ1) is 7.51. The predicted octanol–water partition coefficient (Wildman–Crippen LogP) is 0.523. The number of ether oxygens (including phenoxy) is 1. The van der Waals surface area contributed by atoms with Crippen LogP contribution in [0.2, 0.25) is 0 Å². The molecule has 5 heteroatoms. The third-order valence-electron chi connectivity index (χ3n) is 2.28. The molecule has 0 fully saturated rings. The third kappa shape index (κ3) is 2.58. The molecule has 0 aliphatic heterocycles. The van der Waals surface area contributed by atoms with Crippen LogP contribution in [0, 0.1) is 0 Å². The van der Waals surface area contributed by atoms with Gasteiger partial charge in [0.15, 0.2) is 0 Å². The molecule has 1 aromatic carbocycles. The summed E-state index contributed by atoms with van der Waals surface area (Å²) in [6.07, 6.45) is 0.00571. The van der Waals surface area contributed by atoms with Gasteiger partial charge in [-0.1, -0.05) is 12.1 Å². The van der Waals surface area contributed by atoms with Crippen LogP contribution in [-0.4, -0.2) is 24.5 Å². The predicted molar refractivity (Wildman–Crippen MR) is 57.2 cm³/mol. The summed E-state index contributed by atoms with van der Waals surface area (Å²) in [5, 5.41) is 8.68. The van der Waals surface area contributed by atoms with Crippen molar-refractivity contribution in [3.63, 3.8) is 0 Å². The Labute approximate surface area is 92.8 Å². The SMILES string of the molecule is COc1ccc(C(N)(C=O)CC(=O)O)cc1. The molecule has 3 N–H and O–H groups in total. The molecule has 0 amide bonds. The van der Waals surface area contributed by atoms with Crippen LogP contribution in [0.1, 0.15) is 12.0 Å². The minimum absolute atomic E-state index is 0.442. The number of hydrogen-bond acceptors (Lipinski definition) is 4. The van der Waals surface area contributed by atoms with Gasteiger partial charge >= 0.3 is 5.97 Å². The normalized spacial score (nSPS) is 13.9. The topological polar surface area (TPSA) is 89.6 Å². The summed E-state index contributed by atoms with van der Waals surface area (Å²) < 4.78 is 4.95. The van der Waals surface area contributed by atoms with Crippen molar-refractivity contribution in [2.24, 2.45) is 5.73 Å². The monoisotopic (exact) mass is 223 g/mol. The molecule has 1 atom stereocenters. The van der Waals surface area contributed by atoms with E-state index in [1.807, 2.05) is 0 Å². The lowest BCUT2D eigenvalue weighted by atomic mass is 9.89. The van der Waals surface area contributed by atoms with Crippen molar-refractivity contribution in [3.8, 4) is 5.75 Å². The first-order valence-corrected chi connectivity index (χ1v) is 4.63. The third-order valence-corrected chi connectivity index (χ3v) is 2.28. The maximum absolute atomic E-state index is 10.9. The number of nitrogens with two attached hydrogens (primary N) is 1. The number of carbonyl (C=O) groups excluding carboxylic acids is 1. The standard InChI is InChI=1S/C11H13NO4/c1-16-9-4-2-8(3-5-9)11(12,7-13)6-10(14)15/h2-5,7H,6,12H2,1H3,(H,14,15). The number of aldehydes is 1. The minimum atomic E-state index is -1.49. The lowest BCUT2D eigenvalue weighted by Gasteiger charge is -2.21. The number of aliphatic carboxylic acids is 1. The number of hydrogen-bond donors (Lipinski definition) is 2. The summed E-state index contributed by atoms with van der Waals surface area (Å²) in [6, 6.07) is 6.41. The highest BCUT2D eigenvalue weighted by Gasteiger charge is 2.29. The minimum Gasteiger partial charge on any atom is -0.497 e. The van der Waals surface area contributed by atoms with Gasteiger partial charge in [-0.15, -0.1) is 0 Å². The smallest absolute Gasteiger partial charge is 0.306 e. The Morgan fingerprint density at radius 2 is 2.06 bits per heavy atom. The van der Waals surface area contributed by atoms with Crippen molar-refractivity contribution in [1.29, 1.82) is 0 Å². The van der Waals surface area contributed by atoms with Crippen molar-refractivity contribution < 1.29 is 19.4 Å². The van der Waals surface area contributed by atoms with Gasteiger partial charge in [-0.2, -0.15) is 0 Å². The summed E-state index contributed by atoms with van der Waals surface area (Å²) in [6.45, 7) is 0. The van der Waals surface area contributed by atoms with Crippen LogP contribution in [0.15, 0.2) is 24.3 Å². The zero-order chi connectivity index (χ0) is 12.2. The number of carboxylic acid groups (broad SMARTS) is 1. The van der Waals surface area contributed by atoms with Crippen molar-refractivity contribution in [2.75, 3.05) is 7.11 Å². The Morgan fingerprint density at radius 1 is 1.50 bits per heavy atom. The van der Waals surface area contributed by atoms with Gasteiger partial charge in [-0.3, -0.25) is 4.79 Å². The fourth-order valence-corrected chi connectivity index (χ4v) is 1.36. The molecule has 1 unspecified atom stereocenters. The van der Waals surface area contributed by atoms with E-state index in [9.17, 15) is 9.59 Å². The Bertz CT molecular complexity index is 387. The van der Waals surface area contributed by atoms with Crippen LogP contribution in [0.3, 0.4) is 0 Å². The molecule has 0 heterocycles. The molecule has 86 valence electrons. The second-order valence-electron chi connectivity index (χ2n) is 3.46. The number of rotatable bonds is 5. The Balaban J connectivity index is 3.02. The van der Waals surface area contributed by atoms with E-state index in [4.69, 9.17) is 15.6 Å². The molecular formula is C11H13NO4. The van der Waals surface area contributed by atoms with E-state index in [2.05, 4.69) is 0 Å². The van der Waals surface area contributed by atoms with Gasteiger partial charge in [0.1, 0.15) is 17.6 Å². The molecular weight excluding hydrogens is 210 g/mol. The molecule has 1 aromatic rings. The van der Waals surface area contributed by atoms with Crippen LogP contribution in [0.4, 0.5) is 0 Å². The van der Waals surface area contributed by atoms with E-state index in [0.29, 0.717) is 17.6 Å². The molecule has 0 aromatic heterocycles. The highest BCUT2D eigenvalue weighted by atomic mass is 16.5. The highest BCUT2D eigenvalue weighted by molar-refractivity contribution is 5.78. The molecule has 0 bridgehead atoms. The van der Waals surface area contributed by atoms with Crippen LogP contribution >= 0.6 is 0 Å². The first kappa shape index (κ1) is 12.2. The van der Waals surface area contributed by atoms with Crippen molar-refractivity contribution in [2.45, 2.75) is 12.0 Å². The summed E-state index contributed by atoms with van der Waals surface area (Å²) in [4.78, 5) is 21.5. The number of benzene rings is 1. The Kier molecular flexibility index (Phi) is 3.63. The molecule has 0 spiro atoms. The van der Waals surface area contributed by atoms with Crippen LogP contribution in [-0.2, 0) is 15.1 Å². The van der Waals surface area contributed by atoms with E-state index in [0.717, 1.165) is 0 Å². The van der Waals surface area contributed by atoms with E-state index < -0.39 is 17.9 Å². The largest absolute Gasteiger partial charge is 0.497 e. The molecule has 0 radical (unpaired) electrons. The number of carboxylic acids is 1. The van der Waals surface area contributed by atoms with Crippen LogP contribution < -0.4 is 10.5 Å². The number of methoxy groups -OCH3 is 1. The lowest BCUT2D eigenvalue weighted by molar-refractivity contribution is -0.139. The van der Waals surface area contributed by atoms with E-state index in [1.54, 1.807) is 24.3 Å². The maximum atomic E-state index is 10.9. The van der Waals surface area contributed by atoms with Gasteiger partial charge in [0.05, 0.1) is 13.5 Å². The fourth-order valence-electron chi connectivity index (χ4n) is 1.36. The molecule has 1 rings (SSSR count). The van der Waals surface area contributed by atoms with Gasteiger partial charge in [0, 0.05) is 0 Å². The lowest BCUT2D eigenvalue weighted by Crippen LogP contribution is -2.40. The summed E-state index contributed by atoms with van der Waals surface area (Å²) in [5.74, 6) is -0.502. The molecule has 0 saturated carbocycles. The average Bonchev–Trinajstić information content (AvgIpc) is 2.28.